The van der Waals surface area contributed by atoms with E-state index in [2.05, 4.69) is 15.6 Å². The van der Waals surface area contributed by atoms with Gasteiger partial charge in [-0.15, -0.1) is 0 Å². The summed E-state index contributed by atoms with van der Waals surface area (Å²) >= 11 is 0. The zero-order valence-corrected chi connectivity index (χ0v) is 11.6. The van der Waals surface area contributed by atoms with Crippen LogP contribution >= 0.6 is 0 Å². The molecule has 1 amide bonds. The summed E-state index contributed by atoms with van der Waals surface area (Å²) in [5.74, 6) is 0.889. The van der Waals surface area contributed by atoms with Crippen molar-refractivity contribution in [1.82, 2.24) is 15.6 Å². The van der Waals surface area contributed by atoms with E-state index in [1.165, 1.54) is 6.42 Å². The Hall–Kier alpha value is -2.14. The molecule has 0 saturated carbocycles. The number of carbonyl (C=O) groups excluding carboxylic acids is 1. The van der Waals surface area contributed by atoms with Gasteiger partial charge < -0.3 is 15.1 Å². The predicted octanol–water partition coefficient (Wildman–Crippen LogP) is 1.96. The van der Waals surface area contributed by atoms with Crippen molar-refractivity contribution in [2.45, 2.75) is 37.4 Å². The number of aromatic nitrogens is 1. The first kappa shape index (κ1) is 12.6. The molecular weight excluding hydrogens is 266 g/mol. The summed E-state index contributed by atoms with van der Waals surface area (Å²) in [6.45, 7) is 0. The molecule has 0 spiro atoms. The Morgan fingerprint density at radius 2 is 2.29 bits per heavy atom. The summed E-state index contributed by atoms with van der Waals surface area (Å²) < 4.78 is 5.65. The molecule has 4 rings (SSSR count). The maximum Gasteiger partial charge on any atom is 0.287 e. The fourth-order valence-electron chi connectivity index (χ4n) is 3.35. The van der Waals surface area contributed by atoms with Gasteiger partial charge >= 0.3 is 0 Å². The second kappa shape index (κ2) is 5.00. The van der Waals surface area contributed by atoms with E-state index in [4.69, 9.17) is 4.42 Å². The Morgan fingerprint density at radius 3 is 3.00 bits per heavy atom. The third-order valence-corrected chi connectivity index (χ3v) is 4.39. The SMILES string of the molecule is O=C(NC1CC2CCC1N2)c1ccc(-c2cccnc2)o1. The molecule has 0 radical (unpaired) electrons. The number of amides is 1. The van der Waals surface area contributed by atoms with Crippen LogP contribution in [0, 0.1) is 0 Å². The summed E-state index contributed by atoms with van der Waals surface area (Å²) in [5, 5.41) is 6.59. The number of pyridine rings is 1. The van der Waals surface area contributed by atoms with Crippen molar-refractivity contribution in [3.8, 4) is 11.3 Å². The number of nitrogens with one attached hydrogen (secondary N) is 2. The smallest absolute Gasteiger partial charge is 0.287 e. The van der Waals surface area contributed by atoms with Gasteiger partial charge in [0.25, 0.3) is 5.91 Å². The number of carbonyl (C=O) groups is 1. The molecular formula is C16H17N3O2. The Balaban J connectivity index is 1.47. The van der Waals surface area contributed by atoms with Crippen LogP contribution < -0.4 is 10.6 Å². The zero-order chi connectivity index (χ0) is 14.2. The molecule has 3 unspecified atom stereocenters. The minimum atomic E-state index is -0.135. The topological polar surface area (TPSA) is 67.2 Å². The van der Waals surface area contributed by atoms with E-state index in [0.29, 0.717) is 23.6 Å². The van der Waals surface area contributed by atoms with Crippen LogP contribution in [0.2, 0.25) is 0 Å². The molecule has 5 heteroatoms. The van der Waals surface area contributed by atoms with Crippen LogP contribution in [0.5, 0.6) is 0 Å². The van der Waals surface area contributed by atoms with Crippen molar-refractivity contribution < 1.29 is 9.21 Å². The van der Waals surface area contributed by atoms with Gasteiger partial charge in [-0.25, -0.2) is 0 Å². The van der Waals surface area contributed by atoms with Gasteiger partial charge in [0.2, 0.25) is 0 Å². The minimum absolute atomic E-state index is 0.135. The average Bonchev–Trinajstić information content (AvgIpc) is 3.24. The van der Waals surface area contributed by atoms with E-state index in [1.54, 1.807) is 18.5 Å². The fraction of sp³-hybridized carbons (Fsp3) is 0.375. The molecule has 2 saturated heterocycles. The lowest BCUT2D eigenvalue weighted by atomic mass is 9.95. The van der Waals surface area contributed by atoms with Gasteiger partial charge in [0.05, 0.1) is 0 Å². The third kappa shape index (κ3) is 2.34. The lowest BCUT2D eigenvalue weighted by Gasteiger charge is -2.20. The van der Waals surface area contributed by atoms with Gasteiger partial charge in [0.1, 0.15) is 5.76 Å². The number of fused-ring (bicyclic) bond motifs is 2. The molecule has 3 atom stereocenters. The molecule has 5 nitrogen and oxygen atoms in total. The minimum Gasteiger partial charge on any atom is -0.451 e. The quantitative estimate of drug-likeness (QED) is 0.903. The molecule has 2 aromatic heterocycles. The first-order chi connectivity index (χ1) is 10.3. The summed E-state index contributed by atoms with van der Waals surface area (Å²) in [7, 11) is 0. The maximum atomic E-state index is 12.3. The number of hydrogen-bond acceptors (Lipinski definition) is 4. The van der Waals surface area contributed by atoms with E-state index < -0.39 is 0 Å². The number of rotatable bonds is 3. The van der Waals surface area contributed by atoms with Crippen molar-refractivity contribution in [1.29, 1.82) is 0 Å². The Kier molecular flexibility index (Phi) is 3.00. The van der Waals surface area contributed by atoms with Crippen LogP contribution in [0.25, 0.3) is 11.3 Å². The van der Waals surface area contributed by atoms with Crippen LogP contribution in [-0.4, -0.2) is 29.0 Å². The predicted molar refractivity (Wildman–Crippen MR) is 77.8 cm³/mol. The van der Waals surface area contributed by atoms with Crippen molar-refractivity contribution in [2.24, 2.45) is 0 Å². The summed E-state index contributed by atoms with van der Waals surface area (Å²) in [4.78, 5) is 16.3. The Labute approximate surface area is 122 Å². The molecule has 2 fully saturated rings. The standard InChI is InChI=1S/C16H17N3O2/c20-16(19-13-8-11-3-4-12(13)18-11)15-6-5-14(21-15)10-2-1-7-17-9-10/h1-2,5-7,9,11-13,18H,3-4,8H2,(H,19,20). The summed E-state index contributed by atoms with van der Waals surface area (Å²) in [6, 6.07) is 8.51. The summed E-state index contributed by atoms with van der Waals surface area (Å²) in [6.07, 6.45) is 6.83. The van der Waals surface area contributed by atoms with Crippen LogP contribution in [0.3, 0.4) is 0 Å². The molecule has 0 aromatic carbocycles. The first-order valence-electron chi connectivity index (χ1n) is 7.37. The molecule has 108 valence electrons. The highest BCUT2D eigenvalue weighted by atomic mass is 16.3. The highest BCUT2D eigenvalue weighted by Gasteiger charge is 2.39. The molecule has 2 N–H and O–H groups in total. The third-order valence-electron chi connectivity index (χ3n) is 4.39. The van der Waals surface area contributed by atoms with Crippen LogP contribution in [0.4, 0.5) is 0 Å². The average molecular weight is 283 g/mol. The van der Waals surface area contributed by atoms with Crippen molar-refractivity contribution >= 4 is 5.91 Å². The second-order valence-corrected chi connectivity index (χ2v) is 5.77. The van der Waals surface area contributed by atoms with Crippen LogP contribution in [0.1, 0.15) is 29.8 Å². The normalized spacial score (nSPS) is 27.0. The Bertz CT molecular complexity index is 653. The maximum absolute atomic E-state index is 12.3. The highest BCUT2D eigenvalue weighted by Crippen LogP contribution is 2.28. The number of hydrogen-bond donors (Lipinski definition) is 2. The Morgan fingerprint density at radius 1 is 1.33 bits per heavy atom. The van der Waals surface area contributed by atoms with E-state index in [0.717, 1.165) is 18.4 Å². The number of nitrogens with zero attached hydrogens (tertiary/aromatic N) is 1. The second-order valence-electron chi connectivity index (χ2n) is 5.77. The van der Waals surface area contributed by atoms with E-state index in [-0.39, 0.29) is 11.9 Å². The molecule has 2 aliphatic rings. The number of furan rings is 1. The van der Waals surface area contributed by atoms with E-state index in [9.17, 15) is 4.79 Å². The molecule has 21 heavy (non-hydrogen) atoms. The fourth-order valence-corrected chi connectivity index (χ4v) is 3.35. The summed E-state index contributed by atoms with van der Waals surface area (Å²) in [5.41, 5.74) is 0.873. The van der Waals surface area contributed by atoms with Gasteiger partial charge in [-0.3, -0.25) is 9.78 Å². The van der Waals surface area contributed by atoms with Crippen molar-refractivity contribution in [2.75, 3.05) is 0 Å². The largest absolute Gasteiger partial charge is 0.451 e. The molecule has 0 aliphatic carbocycles. The van der Waals surface area contributed by atoms with Gasteiger partial charge in [0, 0.05) is 36.1 Å². The van der Waals surface area contributed by atoms with Crippen LogP contribution in [0.15, 0.2) is 41.1 Å². The van der Waals surface area contributed by atoms with Crippen LogP contribution in [-0.2, 0) is 0 Å². The first-order valence-corrected chi connectivity index (χ1v) is 7.37. The molecule has 4 heterocycles. The van der Waals surface area contributed by atoms with Gasteiger partial charge in [-0.05, 0) is 43.5 Å². The van der Waals surface area contributed by atoms with Gasteiger partial charge in [-0.2, -0.15) is 0 Å². The lowest BCUT2D eigenvalue weighted by molar-refractivity contribution is 0.0903. The molecule has 2 bridgehead atoms. The molecule has 2 aliphatic heterocycles. The van der Waals surface area contributed by atoms with Crippen molar-refractivity contribution in [3.63, 3.8) is 0 Å². The zero-order valence-electron chi connectivity index (χ0n) is 11.6. The monoisotopic (exact) mass is 283 g/mol. The lowest BCUT2D eigenvalue weighted by Crippen LogP contribution is -2.42. The highest BCUT2D eigenvalue weighted by molar-refractivity contribution is 5.92. The van der Waals surface area contributed by atoms with Gasteiger partial charge in [0.15, 0.2) is 5.76 Å². The van der Waals surface area contributed by atoms with E-state index >= 15 is 0 Å². The van der Waals surface area contributed by atoms with E-state index in [1.807, 2.05) is 18.2 Å². The molecule has 2 aromatic rings. The van der Waals surface area contributed by atoms with Gasteiger partial charge in [-0.1, -0.05) is 0 Å². The van der Waals surface area contributed by atoms with Crippen molar-refractivity contribution in [3.05, 3.63) is 42.4 Å².